The number of aryl methyl sites for hydroxylation is 1. The van der Waals surface area contributed by atoms with Gasteiger partial charge in [-0.3, -0.25) is 4.79 Å². The van der Waals surface area contributed by atoms with Crippen LogP contribution in [-0.4, -0.2) is 54.2 Å². The molecule has 1 aromatic carbocycles. The average Bonchev–Trinajstić information content (AvgIpc) is 3.23. The first-order valence-corrected chi connectivity index (χ1v) is 10.9. The Balaban J connectivity index is 1.63. The second kappa shape index (κ2) is 8.87. The summed E-state index contributed by atoms with van der Waals surface area (Å²) in [7, 11) is 3.30. The van der Waals surface area contributed by atoms with Crippen molar-refractivity contribution in [2.45, 2.75) is 24.5 Å². The van der Waals surface area contributed by atoms with Gasteiger partial charge >= 0.3 is 6.03 Å². The van der Waals surface area contributed by atoms with Gasteiger partial charge in [-0.25, -0.2) is 4.79 Å². The van der Waals surface area contributed by atoms with Crippen LogP contribution in [0.5, 0.6) is 5.75 Å². The number of rotatable bonds is 6. The summed E-state index contributed by atoms with van der Waals surface area (Å²) in [5.41, 5.74) is 1.83. The van der Waals surface area contributed by atoms with E-state index in [9.17, 15) is 9.59 Å². The van der Waals surface area contributed by atoms with E-state index in [-0.39, 0.29) is 22.6 Å². The number of nitrogens with zero attached hydrogens (tertiary/aromatic N) is 2. The number of benzene rings is 1. The Morgan fingerprint density at radius 2 is 2.07 bits per heavy atom. The predicted molar refractivity (Wildman–Crippen MR) is 115 cm³/mol. The van der Waals surface area contributed by atoms with E-state index in [2.05, 4.69) is 23.7 Å². The molecule has 1 N–H and O–H groups in total. The minimum Gasteiger partial charge on any atom is -0.495 e. The highest BCUT2D eigenvalue weighted by Crippen LogP contribution is 2.45. The van der Waals surface area contributed by atoms with Crippen molar-refractivity contribution < 1.29 is 14.3 Å². The van der Waals surface area contributed by atoms with Gasteiger partial charge in [0.1, 0.15) is 11.1 Å². The van der Waals surface area contributed by atoms with Gasteiger partial charge in [-0.1, -0.05) is 12.1 Å². The van der Waals surface area contributed by atoms with Gasteiger partial charge in [-0.15, -0.1) is 23.1 Å². The molecular formula is C20H25N3O3S2. The summed E-state index contributed by atoms with van der Waals surface area (Å²) in [4.78, 5) is 29.9. The van der Waals surface area contributed by atoms with Gasteiger partial charge in [0.15, 0.2) is 0 Å². The van der Waals surface area contributed by atoms with Crippen molar-refractivity contribution >= 4 is 40.7 Å². The lowest BCUT2D eigenvalue weighted by Crippen LogP contribution is -2.40. The summed E-state index contributed by atoms with van der Waals surface area (Å²) in [6.45, 7) is 4.96. The van der Waals surface area contributed by atoms with Crippen LogP contribution in [0.1, 0.15) is 22.7 Å². The molecular weight excluding hydrogens is 394 g/mol. The number of carbonyl (C=O) groups is 2. The number of methoxy groups -OCH3 is 1. The quantitative estimate of drug-likeness (QED) is 0.763. The van der Waals surface area contributed by atoms with Gasteiger partial charge in [-0.2, -0.15) is 0 Å². The van der Waals surface area contributed by atoms with E-state index in [1.165, 1.54) is 10.4 Å². The second-order valence-corrected chi connectivity index (χ2v) is 9.06. The summed E-state index contributed by atoms with van der Waals surface area (Å²) < 4.78 is 5.27. The molecule has 1 aliphatic rings. The number of hydrogen-bond donors (Lipinski definition) is 1. The van der Waals surface area contributed by atoms with E-state index in [1.54, 1.807) is 54.3 Å². The molecule has 0 saturated carbocycles. The van der Waals surface area contributed by atoms with E-state index in [0.717, 1.165) is 0 Å². The van der Waals surface area contributed by atoms with Crippen molar-refractivity contribution in [3.05, 3.63) is 46.2 Å². The second-order valence-electron chi connectivity index (χ2n) is 6.68. The Labute approximate surface area is 173 Å². The number of hydrogen-bond acceptors (Lipinski definition) is 5. The first-order chi connectivity index (χ1) is 13.4. The van der Waals surface area contributed by atoms with Gasteiger partial charge in [0.05, 0.1) is 18.0 Å². The summed E-state index contributed by atoms with van der Waals surface area (Å²) >= 11 is 3.35. The lowest BCUT2D eigenvalue weighted by Gasteiger charge is -2.27. The molecule has 0 radical (unpaired) electrons. The van der Waals surface area contributed by atoms with Crippen LogP contribution < -0.4 is 10.1 Å². The van der Waals surface area contributed by atoms with Crippen molar-refractivity contribution in [1.29, 1.82) is 0 Å². The first kappa shape index (κ1) is 20.5. The van der Waals surface area contributed by atoms with E-state index >= 15 is 0 Å². The maximum absolute atomic E-state index is 12.7. The molecule has 0 aliphatic carbocycles. The maximum atomic E-state index is 12.7. The Morgan fingerprint density at radius 3 is 2.75 bits per heavy atom. The minimum atomic E-state index is -0.235. The van der Waals surface area contributed by atoms with E-state index in [1.807, 2.05) is 24.0 Å². The molecule has 1 fully saturated rings. The zero-order valence-corrected chi connectivity index (χ0v) is 18.1. The predicted octanol–water partition coefficient (Wildman–Crippen LogP) is 4.19. The number of anilines is 1. The number of ether oxygens (including phenoxy) is 1. The van der Waals surface area contributed by atoms with Crippen LogP contribution in [0.4, 0.5) is 10.5 Å². The number of carbonyl (C=O) groups excluding carboxylic acids is 2. The Hall–Kier alpha value is -2.19. The maximum Gasteiger partial charge on any atom is 0.321 e. The monoisotopic (exact) mass is 419 g/mol. The summed E-state index contributed by atoms with van der Waals surface area (Å²) in [5.74, 6) is 0.735. The van der Waals surface area contributed by atoms with Crippen LogP contribution in [-0.2, 0) is 4.79 Å². The largest absolute Gasteiger partial charge is 0.495 e. The third-order valence-corrected chi connectivity index (χ3v) is 7.32. The van der Waals surface area contributed by atoms with Crippen LogP contribution in [0.3, 0.4) is 0 Å². The van der Waals surface area contributed by atoms with Crippen LogP contribution in [0.2, 0.25) is 0 Å². The summed E-state index contributed by atoms with van der Waals surface area (Å²) in [6, 6.07) is 9.13. The lowest BCUT2D eigenvalue weighted by atomic mass is 10.2. The number of thiophene rings is 1. The summed E-state index contributed by atoms with van der Waals surface area (Å²) in [5, 5.41) is 4.87. The highest BCUT2D eigenvalue weighted by atomic mass is 32.2. The number of nitrogens with one attached hydrogen (secondary N) is 1. The average molecular weight is 420 g/mol. The molecule has 28 heavy (non-hydrogen) atoms. The normalized spacial score (nSPS) is 19.0. The van der Waals surface area contributed by atoms with Gasteiger partial charge in [0, 0.05) is 25.0 Å². The fourth-order valence-corrected chi connectivity index (χ4v) is 5.61. The van der Waals surface area contributed by atoms with Crippen molar-refractivity contribution in [3.63, 3.8) is 0 Å². The van der Waals surface area contributed by atoms with Gasteiger partial charge < -0.3 is 19.9 Å². The standard InChI is InChI=1S/C20H25N3O3S2/c1-13-9-12-27-17(13)19-23(18(24)14(2)28-19)11-10-22(3)20(25)21-15-7-5-6-8-16(15)26-4/h5-9,12,14,19H,10-11H2,1-4H3,(H,21,25)/t14-,19+/m0/s1. The lowest BCUT2D eigenvalue weighted by molar-refractivity contribution is -0.129. The molecule has 6 nitrogen and oxygen atoms in total. The third-order valence-electron chi connectivity index (χ3n) is 4.74. The van der Waals surface area contributed by atoms with E-state index in [0.29, 0.717) is 24.5 Å². The molecule has 2 heterocycles. The first-order valence-electron chi connectivity index (χ1n) is 9.07. The fourth-order valence-electron chi connectivity index (χ4n) is 3.06. The molecule has 1 aliphatic heterocycles. The number of thioether (sulfide) groups is 1. The SMILES string of the molecule is COc1ccccc1NC(=O)N(C)CCN1C(=O)[C@H](C)S[C@@H]1c1sccc1C. The highest BCUT2D eigenvalue weighted by Gasteiger charge is 2.39. The molecule has 1 saturated heterocycles. The number of amides is 3. The van der Waals surface area contributed by atoms with Gasteiger partial charge in [0.25, 0.3) is 0 Å². The smallest absolute Gasteiger partial charge is 0.321 e. The molecule has 8 heteroatoms. The van der Waals surface area contributed by atoms with Gasteiger partial charge in [0.2, 0.25) is 5.91 Å². The third kappa shape index (κ3) is 4.28. The molecule has 0 bridgehead atoms. The Kier molecular flexibility index (Phi) is 6.51. The molecule has 2 aromatic rings. The topological polar surface area (TPSA) is 61.9 Å². The van der Waals surface area contributed by atoms with E-state index < -0.39 is 0 Å². The Bertz CT molecular complexity index is 855. The zero-order chi connectivity index (χ0) is 20.3. The molecule has 3 rings (SSSR count). The van der Waals surface area contributed by atoms with Crippen molar-refractivity contribution in [2.75, 3.05) is 32.6 Å². The minimum absolute atomic E-state index is 0.0215. The van der Waals surface area contributed by atoms with Gasteiger partial charge in [-0.05, 0) is 43.0 Å². The fraction of sp³-hybridized carbons (Fsp3) is 0.400. The molecule has 0 unspecified atom stereocenters. The Morgan fingerprint density at radius 1 is 1.32 bits per heavy atom. The van der Waals surface area contributed by atoms with Crippen molar-refractivity contribution in [2.24, 2.45) is 0 Å². The van der Waals surface area contributed by atoms with Crippen LogP contribution in [0, 0.1) is 6.92 Å². The number of urea groups is 1. The zero-order valence-electron chi connectivity index (χ0n) is 16.5. The molecule has 150 valence electrons. The van der Waals surface area contributed by atoms with E-state index in [4.69, 9.17) is 4.74 Å². The van der Waals surface area contributed by atoms with Crippen molar-refractivity contribution in [3.8, 4) is 5.75 Å². The summed E-state index contributed by atoms with van der Waals surface area (Å²) in [6.07, 6.45) is 0. The molecule has 2 atom stereocenters. The van der Waals surface area contributed by atoms with Crippen LogP contribution in [0.15, 0.2) is 35.7 Å². The molecule has 0 spiro atoms. The van der Waals surface area contributed by atoms with Crippen LogP contribution >= 0.6 is 23.1 Å². The molecule has 1 aromatic heterocycles. The highest BCUT2D eigenvalue weighted by molar-refractivity contribution is 8.01. The number of para-hydroxylation sites is 2. The van der Waals surface area contributed by atoms with Crippen molar-refractivity contribution in [1.82, 2.24) is 9.80 Å². The van der Waals surface area contributed by atoms with Crippen LogP contribution in [0.25, 0.3) is 0 Å². The number of likely N-dealkylation sites (N-methyl/N-ethyl adjacent to an activating group) is 1. The molecule has 3 amide bonds.